The van der Waals surface area contributed by atoms with Crippen molar-refractivity contribution in [2.75, 3.05) is 7.11 Å². The van der Waals surface area contributed by atoms with Gasteiger partial charge in [-0.25, -0.2) is 0 Å². The van der Waals surface area contributed by atoms with E-state index in [1.165, 1.54) is 7.11 Å². The van der Waals surface area contributed by atoms with Crippen molar-refractivity contribution < 1.29 is 13.9 Å². The maximum absolute atomic E-state index is 12.9. The van der Waals surface area contributed by atoms with Gasteiger partial charge in [-0.3, -0.25) is 9.36 Å². The Bertz CT molecular complexity index is 468. The second kappa shape index (κ2) is 7.62. The van der Waals surface area contributed by atoms with E-state index < -0.39 is 7.37 Å². The summed E-state index contributed by atoms with van der Waals surface area (Å²) < 4.78 is 18.1. The van der Waals surface area contributed by atoms with Crippen LogP contribution >= 0.6 is 7.37 Å². The molecular weight excluding hydrogens is 259 g/mol. The largest absolute Gasteiger partial charge is 0.323 e. The highest BCUT2D eigenvalue weighted by atomic mass is 31.2. The van der Waals surface area contributed by atoms with Gasteiger partial charge in [0.25, 0.3) is 7.37 Å². The van der Waals surface area contributed by atoms with Gasteiger partial charge < -0.3 is 4.52 Å². The van der Waals surface area contributed by atoms with E-state index in [1.54, 1.807) is 12.1 Å². The molecule has 0 aliphatic carbocycles. The van der Waals surface area contributed by atoms with E-state index in [2.05, 4.69) is 6.92 Å². The first-order valence-corrected chi connectivity index (χ1v) is 8.50. The van der Waals surface area contributed by atoms with E-state index >= 15 is 0 Å². The number of unbranched alkanes of at least 4 members (excludes halogenated alkanes) is 2. The van der Waals surface area contributed by atoms with E-state index in [0.29, 0.717) is 11.7 Å². The van der Waals surface area contributed by atoms with Gasteiger partial charge in [-0.2, -0.15) is 0 Å². The summed E-state index contributed by atoms with van der Waals surface area (Å²) in [4.78, 5) is 12.3. The third-order valence-electron chi connectivity index (χ3n) is 3.27. The first-order valence-electron chi connectivity index (χ1n) is 6.87. The predicted molar refractivity (Wildman–Crippen MR) is 79.2 cm³/mol. The average molecular weight is 282 g/mol. The molecule has 1 aromatic carbocycles. The quantitative estimate of drug-likeness (QED) is 0.536. The van der Waals surface area contributed by atoms with Gasteiger partial charge in [0, 0.05) is 18.8 Å². The molecule has 19 heavy (non-hydrogen) atoms. The van der Waals surface area contributed by atoms with Crippen molar-refractivity contribution in [1.29, 1.82) is 0 Å². The number of benzene rings is 1. The summed E-state index contributed by atoms with van der Waals surface area (Å²) in [5.74, 6) is 0. The van der Waals surface area contributed by atoms with Crippen LogP contribution in [0.4, 0.5) is 0 Å². The molecule has 3 nitrogen and oxygen atoms in total. The second-order valence-corrected chi connectivity index (χ2v) is 7.02. The van der Waals surface area contributed by atoms with E-state index in [9.17, 15) is 9.36 Å². The first-order chi connectivity index (χ1) is 9.10. The maximum atomic E-state index is 12.9. The third kappa shape index (κ3) is 3.77. The first kappa shape index (κ1) is 16.1. The number of carbonyl (C=O) groups excluding carboxylic acids is 1. The van der Waals surface area contributed by atoms with Crippen molar-refractivity contribution in [1.82, 2.24) is 0 Å². The van der Waals surface area contributed by atoms with E-state index in [0.717, 1.165) is 31.2 Å². The maximum Gasteiger partial charge on any atom is 0.295 e. The minimum Gasteiger partial charge on any atom is -0.323 e. The SMILES string of the molecule is CCCCCC(=O)P(=O)(OC)c1ccccc1CC. The summed E-state index contributed by atoms with van der Waals surface area (Å²) in [6.07, 6.45) is 3.86. The van der Waals surface area contributed by atoms with Crippen LogP contribution < -0.4 is 5.30 Å². The van der Waals surface area contributed by atoms with Crippen molar-refractivity contribution in [2.24, 2.45) is 0 Å². The van der Waals surface area contributed by atoms with Crippen molar-refractivity contribution in [2.45, 2.75) is 46.0 Å². The Morgan fingerprint density at radius 2 is 1.89 bits per heavy atom. The van der Waals surface area contributed by atoms with Crippen LogP contribution in [-0.2, 0) is 20.3 Å². The average Bonchev–Trinajstić information content (AvgIpc) is 2.46. The molecule has 4 heteroatoms. The molecule has 0 spiro atoms. The van der Waals surface area contributed by atoms with Crippen LogP contribution in [0.3, 0.4) is 0 Å². The normalized spacial score (nSPS) is 14.1. The zero-order valence-electron chi connectivity index (χ0n) is 12.0. The summed E-state index contributed by atoms with van der Waals surface area (Å²) >= 11 is 0. The highest BCUT2D eigenvalue weighted by Crippen LogP contribution is 2.48. The Hall–Kier alpha value is -0.920. The standard InChI is InChI=1S/C15H23O3P/c1-4-6-7-12-15(16)19(17,18-3)14-11-9-8-10-13(14)5-2/h8-11H,4-7,12H2,1-3H3. The molecule has 0 saturated carbocycles. The Morgan fingerprint density at radius 1 is 1.21 bits per heavy atom. The smallest absolute Gasteiger partial charge is 0.295 e. The molecule has 0 saturated heterocycles. The predicted octanol–water partition coefficient (Wildman–Crippen LogP) is 3.91. The lowest BCUT2D eigenvalue weighted by Crippen LogP contribution is -2.18. The summed E-state index contributed by atoms with van der Waals surface area (Å²) in [6.45, 7) is 4.06. The highest BCUT2D eigenvalue weighted by molar-refractivity contribution is 7.82. The highest BCUT2D eigenvalue weighted by Gasteiger charge is 2.34. The molecule has 1 unspecified atom stereocenters. The summed E-state index contributed by atoms with van der Waals surface area (Å²) in [5, 5.41) is 0.571. The lowest BCUT2D eigenvalue weighted by atomic mass is 10.2. The second-order valence-electron chi connectivity index (χ2n) is 4.57. The van der Waals surface area contributed by atoms with Gasteiger partial charge in [0.05, 0.1) is 0 Å². The van der Waals surface area contributed by atoms with Crippen LogP contribution in [0, 0.1) is 0 Å². The molecule has 0 fully saturated rings. The van der Waals surface area contributed by atoms with Crippen LogP contribution in [0.5, 0.6) is 0 Å². The molecule has 0 heterocycles. The van der Waals surface area contributed by atoms with Gasteiger partial charge in [-0.15, -0.1) is 0 Å². The third-order valence-corrected chi connectivity index (χ3v) is 5.73. The molecule has 0 amide bonds. The molecule has 106 valence electrons. The van der Waals surface area contributed by atoms with Gasteiger partial charge in [-0.1, -0.05) is 44.9 Å². The molecule has 0 aliphatic heterocycles. The minimum atomic E-state index is -3.38. The zero-order valence-corrected chi connectivity index (χ0v) is 12.9. The van der Waals surface area contributed by atoms with Crippen LogP contribution in [0.2, 0.25) is 0 Å². The zero-order chi connectivity index (χ0) is 14.3. The fraction of sp³-hybridized carbons (Fsp3) is 0.533. The van der Waals surface area contributed by atoms with E-state index in [1.807, 2.05) is 19.1 Å². The monoisotopic (exact) mass is 282 g/mol. The number of rotatable bonds is 8. The van der Waals surface area contributed by atoms with Crippen LogP contribution in [0.15, 0.2) is 24.3 Å². The lowest BCUT2D eigenvalue weighted by molar-refractivity contribution is -0.112. The number of hydrogen-bond donors (Lipinski definition) is 0. The number of hydrogen-bond acceptors (Lipinski definition) is 3. The number of carbonyl (C=O) groups is 1. The molecular formula is C15H23O3P. The van der Waals surface area contributed by atoms with Crippen LogP contribution in [0.25, 0.3) is 0 Å². The number of aryl methyl sites for hydroxylation is 1. The molecule has 1 rings (SSSR count). The fourth-order valence-electron chi connectivity index (χ4n) is 2.10. The van der Waals surface area contributed by atoms with Gasteiger partial charge in [-0.05, 0) is 24.5 Å². The topological polar surface area (TPSA) is 43.4 Å². The Labute approximate surface area is 115 Å². The summed E-state index contributed by atoms with van der Waals surface area (Å²) in [7, 11) is -2.01. The molecule has 0 aromatic heterocycles. The fourth-order valence-corrected chi connectivity index (χ4v) is 4.12. The Kier molecular flexibility index (Phi) is 6.47. The summed E-state index contributed by atoms with van der Waals surface area (Å²) in [6, 6.07) is 7.35. The summed E-state index contributed by atoms with van der Waals surface area (Å²) in [5.41, 5.74) is 0.667. The van der Waals surface area contributed by atoms with Gasteiger partial charge >= 0.3 is 0 Å². The van der Waals surface area contributed by atoms with Crippen LogP contribution in [0.1, 0.15) is 45.1 Å². The molecule has 0 bridgehead atoms. The molecule has 0 N–H and O–H groups in total. The van der Waals surface area contributed by atoms with Gasteiger partial charge in [0.2, 0.25) is 5.52 Å². The van der Waals surface area contributed by atoms with Crippen molar-refractivity contribution >= 4 is 18.2 Å². The van der Waals surface area contributed by atoms with Gasteiger partial charge in [0.1, 0.15) is 0 Å². The Balaban J connectivity index is 3.02. The minimum absolute atomic E-state index is 0.260. The van der Waals surface area contributed by atoms with Crippen molar-refractivity contribution in [3.63, 3.8) is 0 Å². The molecule has 1 atom stereocenters. The molecule has 1 aromatic rings. The van der Waals surface area contributed by atoms with Crippen molar-refractivity contribution in [3.8, 4) is 0 Å². The van der Waals surface area contributed by atoms with E-state index in [-0.39, 0.29) is 5.52 Å². The van der Waals surface area contributed by atoms with Crippen molar-refractivity contribution in [3.05, 3.63) is 29.8 Å². The molecule has 0 aliphatic rings. The van der Waals surface area contributed by atoms with E-state index in [4.69, 9.17) is 4.52 Å². The van der Waals surface area contributed by atoms with Gasteiger partial charge in [0.15, 0.2) is 0 Å². The lowest BCUT2D eigenvalue weighted by Gasteiger charge is -2.18. The van der Waals surface area contributed by atoms with Crippen LogP contribution in [-0.4, -0.2) is 12.6 Å². The Morgan fingerprint density at radius 3 is 2.47 bits per heavy atom. The molecule has 0 radical (unpaired) electrons.